The molecule has 0 unspecified atom stereocenters. The van der Waals surface area contributed by atoms with Gasteiger partial charge in [0.15, 0.2) is 23.4 Å². The number of hydrogen-bond donors (Lipinski definition) is 1. The van der Waals surface area contributed by atoms with E-state index in [1.54, 1.807) is 30.3 Å². The summed E-state index contributed by atoms with van der Waals surface area (Å²) in [7, 11) is 0. The molecule has 34 heavy (non-hydrogen) atoms. The first-order valence-electron chi connectivity index (χ1n) is 10.5. The number of rotatable bonds is 6. The second-order valence-electron chi connectivity index (χ2n) is 7.74. The van der Waals surface area contributed by atoms with Crippen LogP contribution in [0.15, 0.2) is 71.9 Å². The van der Waals surface area contributed by atoms with Gasteiger partial charge in [0.2, 0.25) is 0 Å². The van der Waals surface area contributed by atoms with Crippen molar-refractivity contribution < 1.29 is 14.3 Å². The molecule has 2 heterocycles. The Hall–Kier alpha value is -3.62. The number of thioether (sulfide) groups is 1. The molecule has 0 spiro atoms. The first kappa shape index (κ1) is 22.2. The lowest BCUT2D eigenvalue weighted by molar-refractivity contribution is -0.118. The van der Waals surface area contributed by atoms with E-state index in [-0.39, 0.29) is 24.1 Å². The summed E-state index contributed by atoms with van der Waals surface area (Å²) in [4.78, 5) is 24.5. The molecule has 5 rings (SSSR count). The van der Waals surface area contributed by atoms with E-state index < -0.39 is 0 Å². The molecule has 0 bridgehead atoms. The second-order valence-corrected chi connectivity index (χ2v) is 9.12. The number of ether oxygens (including phenoxy) is 1. The number of aromatic nitrogens is 3. The number of aryl methyl sites for hydroxylation is 1. The second kappa shape index (κ2) is 9.32. The van der Waals surface area contributed by atoms with Gasteiger partial charge in [-0.15, -0.1) is 10.2 Å². The van der Waals surface area contributed by atoms with Crippen LogP contribution in [0.3, 0.4) is 0 Å². The Morgan fingerprint density at radius 3 is 2.62 bits per heavy atom. The molecule has 170 valence electrons. The third-order valence-corrected chi connectivity index (χ3v) is 6.48. The van der Waals surface area contributed by atoms with Crippen molar-refractivity contribution in [2.24, 2.45) is 0 Å². The minimum Gasteiger partial charge on any atom is -0.482 e. The fourth-order valence-electron chi connectivity index (χ4n) is 3.55. The Bertz CT molecular complexity index is 1380. The summed E-state index contributed by atoms with van der Waals surface area (Å²) in [5.41, 5.74) is 3.88. The van der Waals surface area contributed by atoms with Crippen molar-refractivity contribution in [1.82, 2.24) is 14.8 Å². The number of ketones is 1. The minimum atomic E-state index is -0.244. The minimum absolute atomic E-state index is 0.0280. The number of amides is 1. The Kier molecular flexibility index (Phi) is 6.08. The number of nitrogens with zero attached hydrogens (tertiary/aromatic N) is 3. The molecule has 1 amide bonds. The average Bonchev–Trinajstić information content (AvgIpc) is 3.27. The highest BCUT2D eigenvalue weighted by molar-refractivity contribution is 7.99. The Morgan fingerprint density at radius 2 is 1.85 bits per heavy atom. The van der Waals surface area contributed by atoms with Gasteiger partial charge in [-0.3, -0.25) is 14.2 Å². The van der Waals surface area contributed by atoms with Crippen molar-refractivity contribution in [3.8, 4) is 22.8 Å². The summed E-state index contributed by atoms with van der Waals surface area (Å²) < 4.78 is 7.28. The van der Waals surface area contributed by atoms with E-state index in [1.807, 2.05) is 47.9 Å². The van der Waals surface area contributed by atoms with Crippen LogP contribution in [0.4, 0.5) is 5.69 Å². The predicted octanol–water partition coefficient (Wildman–Crippen LogP) is 5.20. The van der Waals surface area contributed by atoms with Crippen molar-refractivity contribution in [2.45, 2.75) is 12.1 Å². The molecule has 9 heteroatoms. The molecule has 0 aliphatic carbocycles. The summed E-state index contributed by atoms with van der Waals surface area (Å²) in [6.45, 7) is 2.00. The SMILES string of the molecule is Cc1ccc(-c2nnc(SCC(=O)c3ccc4c(c3)NC(=O)CO4)n2-c2ccc(Cl)cc2)cc1. The molecule has 0 atom stereocenters. The number of Topliss-reactive ketones (excluding diaryl/α,β-unsaturated/α-hetero) is 1. The van der Waals surface area contributed by atoms with E-state index >= 15 is 0 Å². The van der Waals surface area contributed by atoms with Crippen LogP contribution in [0.1, 0.15) is 15.9 Å². The Balaban J connectivity index is 1.43. The zero-order valence-corrected chi connectivity index (χ0v) is 19.7. The van der Waals surface area contributed by atoms with Gasteiger partial charge < -0.3 is 10.1 Å². The number of benzene rings is 3. The van der Waals surface area contributed by atoms with E-state index in [9.17, 15) is 9.59 Å². The van der Waals surface area contributed by atoms with E-state index in [0.717, 1.165) is 16.8 Å². The van der Waals surface area contributed by atoms with Gasteiger partial charge in [0, 0.05) is 21.8 Å². The number of hydrogen-bond acceptors (Lipinski definition) is 6. The van der Waals surface area contributed by atoms with Gasteiger partial charge in [0.25, 0.3) is 5.91 Å². The molecule has 0 fully saturated rings. The molecule has 4 aromatic rings. The molecule has 7 nitrogen and oxygen atoms in total. The molecular weight excluding hydrogens is 472 g/mol. The molecule has 0 saturated heterocycles. The zero-order chi connectivity index (χ0) is 23.7. The summed E-state index contributed by atoms with van der Waals surface area (Å²) in [5, 5.41) is 12.7. The number of carbonyl (C=O) groups is 2. The molecular formula is C25H19ClN4O3S. The summed E-state index contributed by atoms with van der Waals surface area (Å²) in [5.74, 6) is 1.02. The maximum Gasteiger partial charge on any atom is 0.262 e. The molecule has 1 aromatic heterocycles. The van der Waals surface area contributed by atoms with Gasteiger partial charge in [-0.2, -0.15) is 0 Å². The first-order chi connectivity index (χ1) is 16.5. The lowest BCUT2D eigenvalue weighted by Gasteiger charge is -2.18. The predicted molar refractivity (Wildman–Crippen MR) is 132 cm³/mol. The highest BCUT2D eigenvalue weighted by atomic mass is 35.5. The Morgan fingerprint density at radius 1 is 1.09 bits per heavy atom. The van der Waals surface area contributed by atoms with Crippen molar-refractivity contribution in [1.29, 1.82) is 0 Å². The van der Waals surface area contributed by atoms with Crippen LogP contribution in [-0.4, -0.2) is 38.8 Å². The van der Waals surface area contributed by atoms with E-state index in [4.69, 9.17) is 16.3 Å². The Labute approximate surface area is 205 Å². The van der Waals surface area contributed by atoms with Crippen LogP contribution >= 0.6 is 23.4 Å². The number of halogens is 1. The molecule has 0 saturated carbocycles. The average molecular weight is 491 g/mol. The van der Waals surface area contributed by atoms with Crippen LogP contribution in [0.2, 0.25) is 5.02 Å². The van der Waals surface area contributed by atoms with Crippen LogP contribution in [0.25, 0.3) is 17.1 Å². The standard InChI is InChI=1S/C25H19ClN4O3S/c1-15-2-4-16(5-3-15)24-28-29-25(30(24)19-9-7-18(26)8-10-19)34-14-21(31)17-6-11-22-20(12-17)27-23(32)13-33-22/h2-12H,13-14H2,1H3,(H,27,32). The monoisotopic (exact) mass is 490 g/mol. The normalized spacial score (nSPS) is 12.6. The quantitative estimate of drug-likeness (QED) is 0.295. The van der Waals surface area contributed by atoms with Crippen molar-refractivity contribution >= 4 is 40.7 Å². The van der Waals surface area contributed by atoms with Crippen molar-refractivity contribution in [3.63, 3.8) is 0 Å². The van der Waals surface area contributed by atoms with Crippen LogP contribution < -0.4 is 10.1 Å². The van der Waals surface area contributed by atoms with Gasteiger partial charge >= 0.3 is 0 Å². The van der Waals surface area contributed by atoms with Gasteiger partial charge in [-0.05, 0) is 49.4 Å². The highest BCUT2D eigenvalue weighted by Gasteiger charge is 2.20. The van der Waals surface area contributed by atoms with Crippen LogP contribution in [0, 0.1) is 6.92 Å². The van der Waals surface area contributed by atoms with Gasteiger partial charge in [0.05, 0.1) is 11.4 Å². The fourth-order valence-corrected chi connectivity index (χ4v) is 4.52. The van der Waals surface area contributed by atoms with Crippen LogP contribution in [0.5, 0.6) is 5.75 Å². The topological polar surface area (TPSA) is 86.1 Å². The maximum absolute atomic E-state index is 12.9. The first-order valence-corrected chi connectivity index (χ1v) is 11.9. The van der Waals surface area contributed by atoms with E-state index in [1.165, 1.54) is 11.8 Å². The van der Waals surface area contributed by atoms with Gasteiger partial charge in [0.1, 0.15) is 5.75 Å². The zero-order valence-electron chi connectivity index (χ0n) is 18.1. The maximum atomic E-state index is 12.9. The van der Waals surface area contributed by atoms with Gasteiger partial charge in [-0.25, -0.2) is 0 Å². The van der Waals surface area contributed by atoms with E-state index in [0.29, 0.717) is 33.0 Å². The van der Waals surface area contributed by atoms with E-state index in [2.05, 4.69) is 15.5 Å². The molecule has 3 aromatic carbocycles. The number of nitrogens with one attached hydrogen (secondary N) is 1. The summed E-state index contributed by atoms with van der Waals surface area (Å²) >= 11 is 7.39. The number of anilines is 1. The van der Waals surface area contributed by atoms with Crippen LogP contribution in [-0.2, 0) is 4.79 Å². The van der Waals surface area contributed by atoms with Crippen molar-refractivity contribution in [3.05, 3.63) is 82.9 Å². The largest absolute Gasteiger partial charge is 0.482 e. The smallest absolute Gasteiger partial charge is 0.262 e. The molecule has 1 aliphatic rings. The molecule has 1 aliphatic heterocycles. The highest BCUT2D eigenvalue weighted by Crippen LogP contribution is 2.31. The fraction of sp³-hybridized carbons (Fsp3) is 0.120. The molecule has 1 N–H and O–H groups in total. The third-order valence-electron chi connectivity index (χ3n) is 5.29. The van der Waals surface area contributed by atoms with Crippen molar-refractivity contribution in [2.75, 3.05) is 17.7 Å². The van der Waals surface area contributed by atoms with Gasteiger partial charge in [-0.1, -0.05) is 53.2 Å². The lowest BCUT2D eigenvalue weighted by atomic mass is 10.1. The molecule has 0 radical (unpaired) electrons. The third kappa shape index (κ3) is 4.55. The summed E-state index contributed by atoms with van der Waals surface area (Å²) in [6.07, 6.45) is 0. The number of carbonyl (C=O) groups excluding carboxylic acids is 2. The lowest BCUT2D eigenvalue weighted by Crippen LogP contribution is -2.25. The number of fused-ring (bicyclic) bond motifs is 1. The summed E-state index contributed by atoms with van der Waals surface area (Å²) in [6, 6.07) is 20.4.